The SMILES string of the molecule is CC1(C)OB(c2cn(-c3cc(F)ccn3)cn2)OC1(C)C. The van der Waals surface area contributed by atoms with E-state index in [2.05, 4.69) is 9.97 Å². The molecule has 3 heterocycles. The molecule has 21 heavy (non-hydrogen) atoms. The van der Waals surface area contributed by atoms with Gasteiger partial charge in [0, 0.05) is 18.5 Å². The molecule has 0 saturated carbocycles. The smallest absolute Gasteiger partial charge is 0.398 e. The van der Waals surface area contributed by atoms with Gasteiger partial charge in [-0.25, -0.2) is 14.4 Å². The van der Waals surface area contributed by atoms with Crippen molar-refractivity contribution in [2.24, 2.45) is 0 Å². The number of hydrogen-bond acceptors (Lipinski definition) is 4. The third-order valence-electron chi connectivity index (χ3n) is 4.07. The molecule has 1 aliphatic heterocycles. The number of halogens is 1. The van der Waals surface area contributed by atoms with E-state index in [4.69, 9.17) is 9.31 Å². The van der Waals surface area contributed by atoms with E-state index in [0.29, 0.717) is 11.4 Å². The minimum atomic E-state index is -0.537. The Morgan fingerprint density at radius 2 is 1.81 bits per heavy atom. The van der Waals surface area contributed by atoms with Crippen LogP contribution in [-0.2, 0) is 9.31 Å². The molecule has 2 aromatic rings. The van der Waals surface area contributed by atoms with E-state index in [1.54, 1.807) is 17.1 Å². The summed E-state index contributed by atoms with van der Waals surface area (Å²) in [7, 11) is -0.537. The van der Waals surface area contributed by atoms with Gasteiger partial charge < -0.3 is 9.31 Å². The number of imidazole rings is 1. The van der Waals surface area contributed by atoms with Crippen molar-refractivity contribution in [1.29, 1.82) is 0 Å². The van der Waals surface area contributed by atoms with Crippen LogP contribution in [0.15, 0.2) is 30.9 Å². The first kappa shape index (κ1) is 14.2. The maximum Gasteiger partial charge on any atom is 0.516 e. The third kappa shape index (κ3) is 2.47. The summed E-state index contributed by atoms with van der Waals surface area (Å²) >= 11 is 0. The zero-order valence-electron chi connectivity index (χ0n) is 12.5. The summed E-state index contributed by atoms with van der Waals surface area (Å²) in [5, 5.41) is 0. The summed E-state index contributed by atoms with van der Waals surface area (Å²) in [6.45, 7) is 7.94. The van der Waals surface area contributed by atoms with Crippen LogP contribution in [0.25, 0.3) is 5.82 Å². The van der Waals surface area contributed by atoms with Crippen LogP contribution in [0.3, 0.4) is 0 Å². The quantitative estimate of drug-likeness (QED) is 0.790. The van der Waals surface area contributed by atoms with E-state index in [9.17, 15) is 4.39 Å². The molecule has 0 unspecified atom stereocenters. The Kier molecular flexibility index (Phi) is 3.14. The highest BCUT2D eigenvalue weighted by Gasteiger charge is 2.52. The standard InChI is InChI=1S/C14H17BFN3O2/c1-13(2)14(3,4)21-15(20-13)11-8-19(9-18-11)12-7-10(16)5-6-17-12/h5-9H,1-4H3. The number of aromatic nitrogens is 3. The van der Waals surface area contributed by atoms with E-state index in [1.807, 2.05) is 27.7 Å². The number of hydrogen-bond donors (Lipinski definition) is 0. The van der Waals surface area contributed by atoms with E-state index in [-0.39, 0.29) is 5.82 Å². The van der Waals surface area contributed by atoms with Crippen LogP contribution >= 0.6 is 0 Å². The molecule has 1 fully saturated rings. The molecule has 7 heteroatoms. The van der Waals surface area contributed by atoms with Gasteiger partial charge in [-0.3, -0.25) is 4.57 Å². The summed E-state index contributed by atoms with van der Waals surface area (Å²) in [4.78, 5) is 8.39. The average molecular weight is 289 g/mol. The second kappa shape index (κ2) is 4.64. The van der Waals surface area contributed by atoms with Gasteiger partial charge in [-0.05, 0) is 33.8 Å². The van der Waals surface area contributed by atoms with Gasteiger partial charge in [0.15, 0.2) is 0 Å². The fourth-order valence-electron chi connectivity index (χ4n) is 2.08. The molecule has 1 aliphatic rings. The first-order chi connectivity index (χ1) is 9.78. The van der Waals surface area contributed by atoms with Crippen molar-refractivity contribution < 1.29 is 13.7 Å². The van der Waals surface area contributed by atoms with Crippen molar-refractivity contribution >= 4 is 12.7 Å². The maximum atomic E-state index is 13.2. The van der Waals surface area contributed by atoms with E-state index in [1.165, 1.54) is 18.3 Å². The van der Waals surface area contributed by atoms with Gasteiger partial charge in [0.05, 0.1) is 23.1 Å². The van der Waals surface area contributed by atoms with Crippen LogP contribution in [-0.4, -0.2) is 32.9 Å². The molecule has 3 rings (SSSR count). The van der Waals surface area contributed by atoms with Crippen LogP contribution in [0.5, 0.6) is 0 Å². The van der Waals surface area contributed by atoms with Crippen molar-refractivity contribution in [3.8, 4) is 5.82 Å². The Morgan fingerprint density at radius 3 is 2.43 bits per heavy atom. The minimum absolute atomic E-state index is 0.342. The second-order valence-electron chi connectivity index (χ2n) is 6.13. The highest BCUT2D eigenvalue weighted by Crippen LogP contribution is 2.36. The summed E-state index contributed by atoms with van der Waals surface area (Å²) in [6, 6.07) is 2.64. The van der Waals surface area contributed by atoms with Crippen LogP contribution in [0.2, 0.25) is 0 Å². The molecular weight excluding hydrogens is 272 g/mol. The van der Waals surface area contributed by atoms with E-state index >= 15 is 0 Å². The highest BCUT2D eigenvalue weighted by molar-refractivity contribution is 6.61. The monoisotopic (exact) mass is 289 g/mol. The zero-order valence-corrected chi connectivity index (χ0v) is 12.5. The summed E-state index contributed by atoms with van der Waals surface area (Å²) in [5.41, 5.74) is -0.198. The van der Waals surface area contributed by atoms with Crippen LogP contribution in [0, 0.1) is 5.82 Å². The minimum Gasteiger partial charge on any atom is -0.398 e. The van der Waals surface area contributed by atoms with Crippen molar-refractivity contribution in [3.05, 3.63) is 36.7 Å². The van der Waals surface area contributed by atoms with Crippen molar-refractivity contribution in [2.45, 2.75) is 38.9 Å². The van der Waals surface area contributed by atoms with Crippen molar-refractivity contribution in [3.63, 3.8) is 0 Å². The number of pyridine rings is 1. The normalized spacial score (nSPS) is 20.0. The molecule has 5 nitrogen and oxygen atoms in total. The van der Waals surface area contributed by atoms with Crippen LogP contribution < -0.4 is 5.59 Å². The highest BCUT2D eigenvalue weighted by atomic mass is 19.1. The van der Waals surface area contributed by atoms with Gasteiger partial charge in [0.1, 0.15) is 11.6 Å². The number of nitrogens with zero attached hydrogens (tertiary/aromatic N) is 3. The fourth-order valence-corrected chi connectivity index (χ4v) is 2.08. The van der Waals surface area contributed by atoms with Crippen molar-refractivity contribution in [2.75, 3.05) is 0 Å². The second-order valence-corrected chi connectivity index (χ2v) is 6.13. The summed E-state index contributed by atoms with van der Waals surface area (Å²) in [6.07, 6.45) is 4.73. The molecule has 0 bridgehead atoms. The van der Waals surface area contributed by atoms with Crippen LogP contribution in [0.4, 0.5) is 4.39 Å². The fraction of sp³-hybridized carbons (Fsp3) is 0.429. The maximum absolute atomic E-state index is 13.2. The molecule has 2 aromatic heterocycles. The predicted octanol–water partition coefficient (Wildman–Crippen LogP) is 1.71. The topological polar surface area (TPSA) is 49.2 Å². The molecule has 0 spiro atoms. The Labute approximate surface area is 123 Å². The Morgan fingerprint density at radius 1 is 1.14 bits per heavy atom. The largest absolute Gasteiger partial charge is 0.516 e. The first-order valence-corrected chi connectivity index (χ1v) is 6.80. The zero-order chi connectivity index (χ0) is 15.3. The first-order valence-electron chi connectivity index (χ1n) is 6.80. The summed E-state index contributed by atoms with van der Waals surface area (Å²) < 4.78 is 26.7. The van der Waals surface area contributed by atoms with Gasteiger partial charge in [-0.2, -0.15) is 0 Å². The van der Waals surface area contributed by atoms with Gasteiger partial charge in [-0.15, -0.1) is 0 Å². The molecule has 0 aromatic carbocycles. The molecule has 0 radical (unpaired) electrons. The molecule has 110 valence electrons. The third-order valence-corrected chi connectivity index (χ3v) is 4.07. The average Bonchev–Trinajstić information content (AvgIpc) is 2.93. The lowest BCUT2D eigenvalue weighted by molar-refractivity contribution is 0.00578. The van der Waals surface area contributed by atoms with Crippen molar-refractivity contribution in [1.82, 2.24) is 14.5 Å². The Bertz CT molecular complexity index is 656. The lowest BCUT2D eigenvalue weighted by atomic mass is 9.86. The predicted molar refractivity (Wildman–Crippen MR) is 77.0 cm³/mol. The van der Waals surface area contributed by atoms with Crippen LogP contribution in [0.1, 0.15) is 27.7 Å². The van der Waals surface area contributed by atoms with Gasteiger partial charge >= 0.3 is 7.12 Å². The van der Waals surface area contributed by atoms with Gasteiger partial charge in [0.2, 0.25) is 0 Å². The summed E-state index contributed by atoms with van der Waals surface area (Å²) in [5.74, 6) is 0.121. The van der Waals surface area contributed by atoms with E-state index < -0.39 is 18.3 Å². The molecule has 0 N–H and O–H groups in total. The number of rotatable bonds is 2. The van der Waals surface area contributed by atoms with Gasteiger partial charge in [0.25, 0.3) is 0 Å². The van der Waals surface area contributed by atoms with E-state index in [0.717, 1.165) is 0 Å². The lowest BCUT2D eigenvalue weighted by Gasteiger charge is -2.32. The Balaban J connectivity index is 1.87. The molecular formula is C14H17BFN3O2. The lowest BCUT2D eigenvalue weighted by Crippen LogP contribution is -2.41. The molecule has 0 amide bonds. The molecule has 0 atom stereocenters. The Hall–Kier alpha value is -1.73. The molecule has 0 aliphatic carbocycles. The van der Waals surface area contributed by atoms with Gasteiger partial charge in [-0.1, -0.05) is 0 Å². The molecule has 1 saturated heterocycles.